The van der Waals surface area contributed by atoms with Crippen LogP contribution in [0, 0.1) is 0 Å². The quantitative estimate of drug-likeness (QED) is 0.837. The largest absolute Gasteiger partial charge is 0.373 e. The molecule has 1 aliphatic carbocycles. The van der Waals surface area contributed by atoms with E-state index in [9.17, 15) is 0 Å². The van der Waals surface area contributed by atoms with Crippen LogP contribution in [-0.4, -0.2) is 17.0 Å². The van der Waals surface area contributed by atoms with E-state index in [2.05, 4.69) is 33.4 Å². The number of nitrogens with one attached hydrogen (secondary N) is 1. The molecule has 3 rings (SSSR count). The summed E-state index contributed by atoms with van der Waals surface area (Å²) < 4.78 is 1.07. The molecule has 1 aliphatic rings. The molecule has 0 spiro atoms. The van der Waals surface area contributed by atoms with E-state index in [0.717, 1.165) is 34.5 Å². The molecule has 1 aromatic heterocycles. The lowest BCUT2D eigenvalue weighted by molar-refractivity contribution is 0.709. The van der Waals surface area contributed by atoms with Gasteiger partial charge < -0.3 is 5.32 Å². The van der Waals surface area contributed by atoms with Gasteiger partial charge in [-0.25, -0.2) is 9.97 Å². The Hall–Kier alpha value is -1.42. The van der Waals surface area contributed by atoms with Gasteiger partial charge in [-0.3, -0.25) is 0 Å². The molecule has 2 aromatic rings. The number of hydrogen-bond donors (Lipinski definition) is 1. The average Bonchev–Trinajstić information content (AvgIpc) is 2.72. The van der Waals surface area contributed by atoms with Crippen LogP contribution >= 0.6 is 15.9 Å². The number of nitrogens with zero attached hydrogens (tertiary/aromatic N) is 2. The molecule has 0 fully saturated rings. The van der Waals surface area contributed by atoms with Gasteiger partial charge in [0.1, 0.15) is 5.82 Å². The lowest BCUT2D eigenvalue weighted by Gasteiger charge is -2.13. The molecule has 0 atom stereocenters. The summed E-state index contributed by atoms with van der Waals surface area (Å²) in [7, 11) is 1.94. The van der Waals surface area contributed by atoms with Crippen LogP contribution in [0.4, 0.5) is 5.82 Å². The average molecular weight is 332 g/mol. The van der Waals surface area contributed by atoms with E-state index in [1.165, 1.54) is 30.5 Å². The minimum Gasteiger partial charge on any atom is -0.373 e. The predicted molar refractivity (Wildman–Crippen MR) is 86.0 cm³/mol. The van der Waals surface area contributed by atoms with Gasteiger partial charge in [-0.1, -0.05) is 34.5 Å². The van der Waals surface area contributed by atoms with Crippen molar-refractivity contribution in [3.63, 3.8) is 0 Å². The first-order valence-corrected chi connectivity index (χ1v) is 7.90. The van der Waals surface area contributed by atoms with Gasteiger partial charge >= 0.3 is 0 Å². The fourth-order valence-electron chi connectivity index (χ4n) is 2.71. The molecule has 1 heterocycles. The fraction of sp³-hybridized carbons (Fsp3) is 0.375. The maximum atomic E-state index is 4.82. The third-order valence-electron chi connectivity index (χ3n) is 3.77. The first-order chi connectivity index (χ1) is 9.78. The second kappa shape index (κ2) is 5.92. The van der Waals surface area contributed by atoms with E-state index in [1.54, 1.807) is 0 Å². The van der Waals surface area contributed by atoms with Crippen molar-refractivity contribution < 1.29 is 0 Å². The molecule has 4 heteroatoms. The van der Waals surface area contributed by atoms with E-state index in [0.29, 0.717) is 0 Å². The molecule has 0 saturated heterocycles. The van der Waals surface area contributed by atoms with Crippen LogP contribution in [0.2, 0.25) is 0 Å². The van der Waals surface area contributed by atoms with E-state index >= 15 is 0 Å². The van der Waals surface area contributed by atoms with Crippen LogP contribution in [0.15, 0.2) is 28.7 Å². The Kier molecular flexibility index (Phi) is 4.01. The highest BCUT2D eigenvalue weighted by Gasteiger charge is 2.16. The van der Waals surface area contributed by atoms with Crippen LogP contribution in [0.1, 0.15) is 30.5 Å². The third kappa shape index (κ3) is 2.70. The molecule has 0 bridgehead atoms. The summed E-state index contributed by atoms with van der Waals surface area (Å²) in [4.78, 5) is 9.52. The van der Waals surface area contributed by atoms with Crippen molar-refractivity contribution >= 4 is 21.7 Å². The Morgan fingerprint density at radius 1 is 1.00 bits per heavy atom. The zero-order valence-electron chi connectivity index (χ0n) is 11.6. The number of anilines is 1. The van der Waals surface area contributed by atoms with E-state index in [1.807, 2.05) is 19.2 Å². The second-order valence-electron chi connectivity index (χ2n) is 5.14. The summed E-state index contributed by atoms with van der Waals surface area (Å²) >= 11 is 3.46. The SMILES string of the molecule is CNc1nc(-c2ccc(Br)cc2)nc2c1CCCCC2. The monoisotopic (exact) mass is 331 g/mol. The molecule has 0 radical (unpaired) electrons. The molecular weight excluding hydrogens is 314 g/mol. The highest BCUT2D eigenvalue weighted by atomic mass is 79.9. The summed E-state index contributed by atoms with van der Waals surface area (Å²) in [6.07, 6.45) is 5.91. The summed E-state index contributed by atoms with van der Waals surface area (Å²) in [5.41, 5.74) is 3.60. The lowest BCUT2D eigenvalue weighted by atomic mass is 10.1. The molecule has 20 heavy (non-hydrogen) atoms. The Labute approximate surface area is 128 Å². The van der Waals surface area contributed by atoms with Crippen molar-refractivity contribution in [2.24, 2.45) is 0 Å². The van der Waals surface area contributed by atoms with Crippen molar-refractivity contribution in [3.8, 4) is 11.4 Å². The van der Waals surface area contributed by atoms with Crippen molar-refractivity contribution in [1.82, 2.24) is 9.97 Å². The van der Waals surface area contributed by atoms with Crippen LogP contribution in [-0.2, 0) is 12.8 Å². The summed E-state index contributed by atoms with van der Waals surface area (Å²) in [6, 6.07) is 8.18. The first kappa shape index (κ1) is 13.6. The zero-order chi connectivity index (χ0) is 13.9. The minimum absolute atomic E-state index is 0.822. The van der Waals surface area contributed by atoms with Crippen LogP contribution in [0.3, 0.4) is 0 Å². The van der Waals surface area contributed by atoms with Crippen LogP contribution < -0.4 is 5.32 Å². The standard InChI is InChI=1S/C16H18BrN3/c1-18-16-13-5-3-2-4-6-14(13)19-15(20-16)11-7-9-12(17)10-8-11/h7-10H,2-6H2,1H3,(H,18,19,20). The maximum absolute atomic E-state index is 4.82. The Morgan fingerprint density at radius 3 is 2.50 bits per heavy atom. The molecule has 0 aliphatic heterocycles. The van der Waals surface area contributed by atoms with Gasteiger partial charge in [-0.2, -0.15) is 0 Å². The molecule has 0 amide bonds. The van der Waals surface area contributed by atoms with Gasteiger partial charge in [0.25, 0.3) is 0 Å². The number of aromatic nitrogens is 2. The van der Waals surface area contributed by atoms with Gasteiger partial charge in [0.15, 0.2) is 5.82 Å². The van der Waals surface area contributed by atoms with Crippen molar-refractivity contribution in [1.29, 1.82) is 0 Å². The number of rotatable bonds is 2. The molecule has 0 saturated carbocycles. The number of halogens is 1. The summed E-state index contributed by atoms with van der Waals surface area (Å²) in [6.45, 7) is 0. The predicted octanol–water partition coefficient (Wildman–Crippen LogP) is 4.22. The van der Waals surface area contributed by atoms with Crippen molar-refractivity contribution in [2.75, 3.05) is 12.4 Å². The summed E-state index contributed by atoms with van der Waals surface area (Å²) in [5, 5.41) is 3.24. The van der Waals surface area contributed by atoms with E-state index < -0.39 is 0 Å². The Morgan fingerprint density at radius 2 is 1.75 bits per heavy atom. The van der Waals surface area contributed by atoms with Gasteiger partial charge in [-0.15, -0.1) is 0 Å². The van der Waals surface area contributed by atoms with E-state index in [4.69, 9.17) is 9.97 Å². The number of aryl methyl sites for hydroxylation is 1. The first-order valence-electron chi connectivity index (χ1n) is 7.11. The molecule has 1 aromatic carbocycles. The summed E-state index contributed by atoms with van der Waals surface area (Å²) in [5.74, 6) is 1.82. The van der Waals surface area contributed by atoms with Crippen molar-refractivity contribution in [2.45, 2.75) is 32.1 Å². The van der Waals surface area contributed by atoms with Gasteiger partial charge in [0.05, 0.1) is 0 Å². The highest BCUT2D eigenvalue weighted by Crippen LogP contribution is 2.28. The van der Waals surface area contributed by atoms with Gasteiger partial charge in [-0.05, 0) is 37.8 Å². The molecular formula is C16H18BrN3. The van der Waals surface area contributed by atoms with Crippen LogP contribution in [0.25, 0.3) is 11.4 Å². The minimum atomic E-state index is 0.822. The smallest absolute Gasteiger partial charge is 0.161 e. The third-order valence-corrected chi connectivity index (χ3v) is 4.30. The Bertz CT molecular complexity index is 608. The zero-order valence-corrected chi connectivity index (χ0v) is 13.2. The second-order valence-corrected chi connectivity index (χ2v) is 6.05. The molecule has 1 N–H and O–H groups in total. The Balaban J connectivity index is 2.08. The van der Waals surface area contributed by atoms with Crippen molar-refractivity contribution in [3.05, 3.63) is 40.0 Å². The van der Waals surface area contributed by atoms with Crippen LogP contribution in [0.5, 0.6) is 0 Å². The number of benzene rings is 1. The maximum Gasteiger partial charge on any atom is 0.161 e. The number of hydrogen-bond acceptors (Lipinski definition) is 3. The number of fused-ring (bicyclic) bond motifs is 1. The topological polar surface area (TPSA) is 37.8 Å². The molecule has 104 valence electrons. The van der Waals surface area contributed by atoms with Gasteiger partial charge in [0.2, 0.25) is 0 Å². The molecule has 0 unspecified atom stereocenters. The van der Waals surface area contributed by atoms with E-state index in [-0.39, 0.29) is 0 Å². The van der Waals surface area contributed by atoms with Gasteiger partial charge in [0, 0.05) is 28.3 Å². The highest BCUT2D eigenvalue weighted by molar-refractivity contribution is 9.10. The molecule has 3 nitrogen and oxygen atoms in total. The fourth-order valence-corrected chi connectivity index (χ4v) is 2.97. The normalized spacial score (nSPS) is 14.5. The lowest BCUT2D eigenvalue weighted by Crippen LogP contribution is -2.06.